The normalized spacial score (nSPS) is 11.2. The van der Waals surface area contributed by atoms with Crippen LogP contribution in [-0.2, 0) is 6.18 Å². The van der Waals surface area contributed by atoms with Gasteiger partial charge in [-0.2, -0.15) is 13.2 Å². The van der Waals surface area contributed by atoms with Crippen LogP contribution >= 0.6 is 12.2 Å². The van der Waals surface area contributed by atoms with Gasteiger partial charge in [-0.1, -0.05) is 12.2 Å². The quantitative estimate of drug-likeness (QED) is 0.671. The van der Waals surface area contributed by atoms with Crippen molar-refractivity contribution in [3.63, 3.8) is 0 Å². The molecule has 0 radical (unpaired) electrons. The van der Waals surface area contributed by atoms with Crippen molar-refractivity contribution in [1.82, 2.24) is 4.98 Å². The zero-order valence-corrected chi connectivity index (χ0v) is 11.2. The Bertz CT molecular complexity index is 685. The Hall–Kier alpha value is -2.22. The van der Waals surface area contributed by atoms with Crippen molar-refractivity contribution < 1.29 is 17.6 Å². The first-order chi connectivity index (χ1) is 9.77. The molecule has 110 valence electrons. The van der Waals surface area contributed by atoms with E-state index in [9.17, 15) is 17.6 Å². The number of pyridine rings is 1. The lowest BCUT2D eigenvalue weighted by atomic mass is 10.2. The van der Waals surface area contributed by atoms with Crippen molar-refractivity contribution >= 4 is 28.6 Å². The predicted molar refractivity (Wildman–Crippen MR) is 74.8 cm³/mol. The third-order valence-electron chi connectivity index (χ3n) is 2.59. The van der Waals surface area contributed by atoms with Crippen molar-refractivity contribution in [1.29, 1.82) is 0 Å². The van der Waals surface area contributed by atoms with E-state index < -0.39 is 17.6 Å². The average molecular weight is 315 g/mol. The predicted octanol–water partition coefficient (Wildman–Crippen LogP) is 3.62. The van der Waals surface area contributed by atoms with Crippen molar-refractivity contribution in [2.45, 2.75) is 6.18 Å². The van der Waals surface area contributed by atoms with Crippen LogP contribution in [0, 0.1) is 5.82 Å². The lowest BCUT2D eigenvalue weighted by Gasteiger charge is -2.12. The van der Waals surface area contributed by atoms with E-state index in [-0.39, 0.29) is 16.4 Å². The molecule has 0 bridgehead atoms. The van der Waals surface area contributed by atoms with Crippen LogP contribution in [0.3, 0.4) is 0 Å². The van der Waals surface area contributed by atoms with Gasteiger partial charge in [-0.15, -0.1) is 0 Å². The fourth-order valence-electron chi connectivity index (χ4n) is 1.60. The van der Waals surface area contributed by atoms with Crippen LogP contribution in [0.4, 0.5) is 28.9 Å². The molecule has 0 fully saturated rings. The molecule has 2 aromatic rings. The minimum atomic E-state index is -4.55. The minimum Gasteiger partial charge on any atom is -0.388 e. The number of rotatable bonds is 3. The third kappa shape index (κ3) is 3.66. The molecule has 0 unspecified atom stereocenters. The molecule has 1 heterocycles. The van der Waals surface area contributed by atoms with Gasteiger partial charge in [-0.25, -0.2) is 4.39 Å². The van der Waals surface area contributed by atoms with Crippen LogP contribution in [0.2, 0.25) is 0 Å². The topological polar surface area (TPSA) is 50.9 Å². The van der Waals surface area contributed by atoms with Gasteiger partial charge in [0.2, 0.25) is 0 Å². The van der Waals surface area contributed by atoms with Gasteiger partial charge in [-0.05, 0) is 30.3 Å². The fraction of sp³-hybridized carbons (Fsp3) is 0.0769. The second-order valence-corrected chi connectivity index (χ2v) is 4.55. The van der Waals surface area contributed by atoms with E-state index in [0.717, 1.165) is 6.07 Å². The molecule has 0 saturated carbocycles. The Kier molecular flexibility index (Phi) is 4.08. The largest absolute Gasteiger partial charge is 0.416 e. The van der Waals surface area contributed by atoms with Crippen LogP contribution in [0.25, 0.3) is 0 Å². The third-order valence-corrected chi connectivity index (χ3v) is 2.79. The van der Waals surface area contributed by atoms with Crippen LogP contribution in [0.5, 0.6) is 0 Å². The molecular weight excluding hydrogens is 306 g/mol. The van der Waals surface area contributed by atoms with Crippen LogP contribution in [0.15, 0.2) is 36.5 Å². The Labute approximate surface area is 122 Å². The lowest BCUT2D eigenvalue weighted by Crippen LogP contribution is -2.11. The SMILES string of the molecule is NC(=S)c1cc(Nc2cc(C(F)(F)F)ccc2F)ccn1. The Morgan fingerprint density at radius 2 is 1.90 bits per heavy atom. The van der Waals surface area contributed by atoms with Crippen LogP contribution in [0.1, 0.15) is 11.3 Å². The van der Waals surface area contributed by atoms with Crippen molar-refractivity contribution in [3.8, 4) is 0 Å². The maximum absolute atomic E-state index is 13.6. The van der Waals surface area contributed by atoms with Crippen LogP contribution < -0.4 is 11.1 Å². The smallest absolute Gasteiger partial charge is 0.388 e. The molecule has 3 nitrogen and oxygen atoms in total. The van der Waals surface area contributed by atoms with Gasteiger partial charge < -0.3 is 11.1 Å². The van der Waals surface area contributed by atoms with Crippen molar-refractivity contribution in [3.05, 3.63) is 53.6 Å². The molecule has 0 aliphatic rings. The molecule has 0 aliphatic carbocycles. The number of nitrogens with zero attached hydrogens (tertiary/aromatic N) is 1. The van der Waals surface area contributed by atoms with E-state index in [1.807, 2.05) is 0 Å². The first kappa shape index (κ1) is 15.2. The van der Waals surface area contributed by atoms with E-state index in [1.165, 1.54) is 18.3 Å². The summed E-state index contributed by atoms with van der Waals surface area (Å²) in [6, 6.07) is 4.99. The molecule has 0 atom stereocenters. The Morgan fingerprint density at radius 1 is 1.19 bits per heavy atom. The average Bonchev–Trinajstić information content (AvgIpc) is 2.40. The highest BCUT2D eigenvalue weighted by Crippen LogP contribution is 2.32. The summed E-state index contributed by atoms with van der Waals surface area (Å²) in [7, 11) is 0. The lowest BCUT2D eigenvalue weighted by molar-refractivity contribution is -0.137. The van der Waals surface area contributed by atoms with Gasteiger partial charge >= 0.3 is 6.18 Å². The maximum atomic E-state index is 13.6. The molecule has 0 aliphatic heterocycles. The van der Waals surface area contributed by atoms with E-state index in [1.54, 1.807) is 0 Å². The zero-order chi connectivity index (χ0) is 15.6. The zero-order valence-electron chi connectivity index (χ0n) is 10.4. The fourth-order valence-corrected chi connectivity index (χ4v) is 1.71. The molecule has 1 aromatic heterocycles. The van der Waals surface area contributed by atoms with Gasteiger partial charge in [-0.3, -0.25) is 4.98 Å². The minimum absolute atomic E-state index is 0.0307. The molecular formula is C13H9F4N3S. The van der Waals surface area contributed by atoms with Crippen molar-refractivity contribution in [2.75, 3.05) is 5.32 Å². The Balaban J connectivity index is 2.35. The van der Waals surface area contributed by atoms with Gasteiger partial charge in [0.25, 0.3) is 0 Å². The maximum Gasteiger partial charge on any atom is 0.416 e. The van der Waals surface area contributed by atoms with Gasteiger partial charge in [0.15, 0.2) is 0 Å². The number of nitrogens with two attached hydrogens (primary N) is 1. The Morgan fingerprint density at radius 3 is 2.52 bits per heavy atom. The number of thiocarbonyl (C=S) groups is 1. The number of nitrogens with one attached hydrogen (secondary N) is 1. The number of hydrogen-bond acceptors (Lipinski definition) is 3. The first-order valence-electron chi connectivity index (χ1n) is 5.67. The number of anilines is 2. The summed E-state index contributed by atoms with van der Waals surface area (Å²) < 4.78 is 51.4. The highest BCUT2D eigenvalue weighted by atomic mass is 32.1. The number of alkyl halides is 3. The molecule has 0 spiro atoms. The van der Waals surface area contributed by atoms with E-state index in [2.05, 4.69) is 10.3 Å². The summed E-state index contributed by atoms with van der Waals surface area (Å²) in [5, 5.41) is 2.55. The highest BCUT2D eigenvalue weighted by molar-refractivity contribution is 7.80. The van der Waals surface area contributed by atoms with E-state index >= 15 is 0 Å². The summed E-state index contributed by atoms with van der Waals surface area (Å²) in [4.78, 5) is 3.91. The highest BCUT2D eigenvalue weighted by Gasteiger charge is 2.31. The second-order valence-electron chi connectivity index (χ2n) is 4.11. The van der Waals surface area contributed by atoms with Crippen molar-refractivity contribution in [2.24, 2.45) is 5.73 Å². The molecule has 21 heavy (non-hydrogen) atoms. The summed E-state index contributed by atoms with van der Waals surface area (Å²) >= 11 is 4.75. The molecule has 2 rings (SSSR count). The van der Waals surface area contributed by atoms with Gasteiger partial charge in [0, 0.05) is 11.9 Å². The molecule has 3 N–H and O–H groups in total. The summed E-state index contributed by atoms with van der Waals surface area (Å²) in [5.74, 6) is -0.809. The van der Waals surface area contributed by atoms with E-state index in [0.29, 0.717) is 17.8 Å². The van der Waals surface area contributed by atoms with Crippen LogP contribution in [-0.4, -0.2) is 9.97 Å². The summed E-state index contributed by atoms with van der Waals surface area (Å²) in [6.07, 6.45) is -3.19. The van der Waals surface area contributed by atoms with Gasteiger partial charge in [0.05, 0.1) is 16.9 Å². The molecule has 1 aromatic carbocycles. The number of aromatic nitrogens is 1. The molecule has 0 saturated heterocycles. The second kappa shape index (κ2) is 5.65. The monoisotopic (exact) mass is 315 g/mol. The first-order valence-corrected chi connectivity index (χ1v) is 6.08. The number of halogens is 4. The molecule has 0 amide bonds. The summed E-state index contributed by atoms with van der Waals surface area (Å²) in [6.45, 7) is 0. The molecule has 8 heteroatoms. The summed E-state index contributed by atoms with van der Waals surface area (Å²) in [5.41, 5.74) is 4.76. The van der Waals surface area contributed by atoms with E-state index in [4.69, 9.17) is 18.0 Å². The van der Waals surface area contributed by atoms with Gasteiger partial charge in [0.1, 0.15) is 10.8 Å². The number of benzene rings is 1. The number of hydrogen-bond donors (Lipinski definition) is 2. The standard InChI is InChI=1S/C13H9F4N3S/c14-9-2-1-7(13(15,16)17)5-10(9)20-8-3-4-19-11(6-8)12(18)21/h1-6H,(H2,18,21)(H,19,20).